The lowest BCUT2D eigenvalue weighted by atomic mass is 10.4. The molecule has 0 aromatic carbocycles. The van der Waals surface area contributed by atoms with E-state index in [-0.39, 0.29) is 5.28 Å². The molecule has 3 heterocycles. The van der Waals surface area contributed by atoms with Crippen LogP contribution in [0.4, 0.5) is 5.82 Å². The Morgan fingerprint density at radius 3 is 3.05 bits per heavy atom. The molecule has 0 bridgehead atoms. The van der Waals surface area contributed by atoms with Crippen molar-refractivity contribution in [1.82, 2.24) is 24.9 Å². The van der Waals surface area contributed by atoms with E-state index in [2.05, 4.69) is 30.2 Å². The Bertz CT molecular complexity index is 697. The van der Waals surface area contributed by atoms with E-state index in [0.717, 1.165) is 4.88 Å². The number of aromatic amines is 1. The fraction of sp³-hybridized carbons (Fsp3) is 0.200. The summed E-state index contributed by atoms with van der Waals surface area (Å²) in [7, 11) is 1.52. The Kier molecular flexibility index (Phi) is 3.18. The van der Waals surface area contributed by atoms with Gasteiger partial charge in [0.25, 0.3) is 6.01 Å². The van der Waals surface area contributed by atoms with Crippen molar-refractivity contribution in [2.45, 2.75) is 6.54 Å². The molecule has 7 nitrogen and oxygen atoms in total. The summed E-state index contributed by atoms with van der Waals surface area (Å²) < 4.78 is 5.03. The number of nitrogens with zero attached hydrogens (tertiary/aromatic N) is 4. The quantitative estimate of drug-likeness (QED) is 0.717. The van der Waals surface area contributed by atoms with Crippen molar-refractivity contribution in [2.75, 3.05) is 12.4 Å². The van der Waals surface area contributed by atoms with Crippen LogP contribution in [0.25, 0.3) is 11.2 Å². The minimum Gasteiger partial charge on any atom is -0.468 e. The first-order chi connectivity index (χ1) is 9.26. The molecule has 0 saturated carbocycles. The minimum atomic E-state index is 0.144. The molecule has 0 unspecified atom stereocenters. The fourth-order valence-electron chi connectivity index (χ4n) is 1.57. The highest BCUT2D eigenvalue weighted by Crippen LogP contribution is 2.23. The molecule has 2 N–H and O–H groups in total. The molecule has 0 atom stereocenters. The Hall–Kier alpha value is -1.93. The molecule has 19 heavy (non-hydrogen) atoms. The second-order valence-corrected chi connectivity index (χ2v) is 4.91. The number of ether oxygens (including phenoxy) is 1. The molecule has 3 rings (SSSR count). The second-order valence-electron chi connectivity index (χ2n) is 3.61. The van der Waals surface area contributed by atoms with E-state index in [0.29, 0.717) is 29.5 Å². The lowest BCUT2D eigenvalue weighted by molar-refractivity contribution is 0.386. The Balaban J connectivity index is 1.94. The van der Waals surface area contributed by atoms with E-state index in [1.807, 2.05) is 0 Å². The van der Waals surface area contributed by atoms with Crippen LogP contribution >= 0.6 is 22.9 Å². The second kappa shape index (κ2) is 4.98. The van der Waals surface area contributed by atoms with Gasteiger partial charge in [0, 0.05) is 11.1 Å². The molecule has 0 aliphatic carbocycles. The van der Waals surface area contributed by atoms with Gasteiger partial charge in [0.05, 0.1) is 19.2 Å². The SMILES string of the molecule is COc1nc2c(NCc3cncs3)nc(Cl)nc2[nH]1. The number of H-pyrrole nitrogens is 1. The first-order valence-corrected chi connectivity index (χ1v) is 6.60. The summed E-state index contributed by atoms with van der Waals surface area (Å²) in [5.74, 6) is 0.558. The highest BCUT2D eigenvalue weighted by atomic mass is 35.5. The summed E-state index contributed by atoms with van der Waals surface area (Å²) in [6, 6.07) is 0.368. The molecule has 0 fully saturated rings. The van der Waals surface area contributed by atoms with Crippen molar-refractivity contribution in [3.63, 3.8) is 0 Å². The first-order valence-electron chi connectivity index (χ1n) is 5.35. The summed E-state index contributed by atoms with van der Waals surface area (Å²) in [6.07, 6.45) is 1.79. The van der Waals surface area contributed by atoms with Crippen molar-refractivity contribution in [2.24, 2.45) is 0 Å². The van der Waals surface area contributed by atoms with Crippen molar-refractivity contribution in [3.8, 4) is 6.01 Å². The lowest BCUT2D eigenvalue weighted by Gasteiger charge is -2.03. The van der Waals surface area contributed by atoms with Crippen LogP contribution < -0.4 is 10.1 Å². The van der Waals surface area contributed by atoms with E-state index in [9.17, 15) is 0 Å². The Labute approximate surface area is 117 Å². The van der Waals surface area contributed by atoms with Crippen LogP contribution in [0.5, 0.6) is 6.01 Å². The third-order valence-electron chi connectivity index (χ3n) is 2.40. The van der Waals surface area contributed by atoms with Gasteiger partial charge >= 0.3 is 0 Å². The molecule has 98 valence electrons. The molecular formula is C10H9ClN6OS. The molecule has 0 spiro atoms. The van der Waals surface area contributed by atoms with Gasteiger partial charge in [-0.25, -0.2) is 0 Å². The molecule has 9 heteroatoms. The van der Waals surface area contributed by atoms with E-state index < -0.39 is 0 Å². The van der Waals surface area contributed by atoms with E-state index in [1.165, 1.54) is 7.11 Å². The van der Waals surface area contributed by atoms with Gasteiger partial charge < -0.3 is 10.1 Å². The van der Waals surface area contributed by atoms with Gasteiger partial charge in [-0.2, -0.15) is 15.0 Å². The van der Waals surface area contributed by atoms with Crippen LogP contribution in [-0.4, -0.2) is 32.0 Å². The van der Waals surface area contributed by atoms with E-state index in [4.69, 9.17) is 16.3 Å². The smallest absolute Gasteiger partial charge is 0.295 e. The van der Waals surface area contributed by atoms with Crippen LogP contribution in [0.2, 0.25) is 5.28 Å². The van der Waals surface area contributed by atoms with Crippen molar-refractivity contribution >= 4 is 39.9 Å². The lowest BCUT2D eigenvalue weighted by Crippen LogP contribution is -2.02. The van der Waals surface area contributed by atoms with Crippen LogP contribution in [0.15, 0.2) is 11.7 Å². The van der Waals surface area contributed by atoms with Gasteiger partial charge in [0.15, 0.2) is 17.0 Å². The molecule has 0 saturated heterocycles. The highest BCUT2D eigenvalue weighted by Gasteiger charge is 2.12. The molecule has 0 aliphatic rings. The van der Waals surface area contributed by atoms with Crippen LogP contribution in [0.3, 0.4) is 0 Å². The predicted molar refractivity (Wildman–Crippen MR) is 72.7 cm³/mol. The number of thiazole rings is 1. The zero-order valence-corrected chi connectivity index (χ0v) is 11.4. The number of aromatic nitrogens is 5. The maximum atomic E-state index is 5.88. The maximum absolute atomic E-state index is 5.88. The number of methoxy groups -OCH3 is 1. The molecular weight excluding hydrogens is 288 g/mol. The zero-order valence-electron chi connectivity index (χ0n) is 9.85. The normalized spacial score (nSPS) is 10.8. The minimum absolute atomic E-state index is 0.144. The number of imidazole rings is 1. The number of halogens is 1. The van der Waals surface area contributed by atoms with E-state index >= 15 is 0 Å². The average Bonchev–Trinajstić information content (AvgIpc) is 3.04. The molecule has 0 aliphatic heterocycles. The van der Waals surface area contributed by atoms with Gasteiger partial charge in [0.2, 0.25) is 5.28 Å². The predicted octanol–water partition coefficient (Wildman–Crippen LogP) is 2.08. The fourth-order valence-corrected chi connectivity index (χ4v) is 2.27. The zero-order chi connectivity index (χ0) is 13.2. The summed E-state index contributed by atoms with van der Waals surface area (Å²) in [4.78, 5) is 20.4. The third kappa shape index (κ3) is 2.45. The first kappa shape index (κ1) is 12.1. The molecule has 0 radical (unpaired) electrons. The largest absolute Gasteiger partial charge is 0.468 e. The Morgan fingerprint density at radius 2 is 2.32 bits per heavy atom. The van der Waals surface area contributed by atoms with Gasteiger partial charge in [-0.3, -0.25) is 9.97 Å². The number of hydrogen-bond acceptors (Lipinski definition) is 7. The van der Waals surface area contributed by atoms with Gasteiger partial charge in [-0.05, 0) is 11.6 Å². The van der Waals surface area contributed by atoms with Gasteiger partial charge in [0.1, 0.15) is 0 Å². The van der Waals surface area contributed by atoms with Crippen molar-refractivity contribution in [1.29, 1.82) is 0 Å². The number of rotatable bonds is 4. The van der Waals surface area contributed by atoms with Crippen molar-refractivity contribution < 1.29 is 4.74 Å². The standard InChI is InChI=1S/C10H9ClN6OS/c1-18-10-14-6-7(13-3-5-2-12-4-19-5)15-9(11)16-8(6)17-10/h2,4H,3H2,1H3,(H2,13,14,15,16,17). The molecule has 3 aromatic heterocycles. The monoisotopic (exact) mass is 296 g/mol. The maximum Gasteiger partial charge on any atom is 0.295 e. The molecule has 3 aromatic rings. The van der Waals surface area contributed by atoms with Crippen LogP contribution in [0, 0.1) is 0 Å². The Morgan fingerprint density at radius 1 is 1.42 bits per heavy atom. The third-order valence-corrected chi connectivity index (χ3v) is 3.35. The van der Waals surface area contributed by atoms with E-state index in [1.54, 1.807) is 23.0 Å². The van der Waals surface area contributed by atoms with Crippen molar-refractivity contribution in [3.05, 3.63) is 21.9 Å². The topological polar surface area (TPSA) is 88.6 Å². The highest BCUT2D eigenvalue weighted by molar-refractivity contribution is 7.09. The summed E-state index contributed by atoms with van der Waals surface area (Å²) in [5.41, 5.74) is 2.89. The summed E-state index contributed by atoms with van der Waals surface area (Å²) in [5, 5.41) is 3.31. The average molecular weight is 297 g/mol. The molecule has 0 amide bonds. The summed E-state index contributed by atoms with van der Waals surface area (Å²) in [6.45, 7) is 0.599. The number of anilines is 1. The number of hydrogen-bond donors (Lipinski definition) is 2. The summed E-state index contributed by atoms with van der Waals surface area (Å²) >= 11 is 7.43. The van der Waals surface area contributed by atoms with Gasteiger partial charge in [-0.15, -0.1) is 11.3 Å². The van der Waals surface area contributed by atoms with Gasteiger partial charge in [-0.1, -0.05) is 0 Å². The number of fused-ring (bicyclic) bond motifs is 1. The number of nitrogens with one attached hydrogen (secondary N) is 2. The van der Waals surface area contributed by atoms with Crippen LogP contribution in [-0.2, 0) is 6.54 Å². The van der Waals surface area contributed by atoms with Crippen LogP contribution in [0.1, 0.15) is 4.88 Å².